The van der Waals surface area contributed by atoms with Gasteiger partial charge >= 0.3 is 7.12 Å². The molecule has 0 spiro atoms. The third-order valence-electron chi connectivity index (χ3n) is 3.10. The van der Waals surface area contributed by atoms with Crippen LogP contribution in [0.1, 0.15) is 5.56 Å². The highest BCUT2D eigenvalue weighted by Crippen LogP contribution is 2.17. The Labute approximate surface area is 130 Å². The summed E-state index contributed by atoms with van der Waals surface area (Å²) in [7, 11) is -0.0527. The van der Waals surface area contributed by atoms with E-state index in [9.17, 15) is 10.0 Å². The van der Waals surface area contributed by atoms with E-state index in [0.29, 0.717) is 36.8 Å². The average molecular weight is 302 g/mol. The second kappa shape index (κ2) is 8.43. The highest BCUT2D eigenvalue weighted by molar-refractivity contribution is 6.59. The first-order chi connectivity index (χ1) is 10.7. The Kier molecular flexibility index (Phi) is 6.27. The molecule has 0 saturated heterocycles. The lowest BCUT2D eigenvalue weighted by Gasteiger charge is -2.13. The second-order valence-electron chi connectivity index (χ2n) is 4.66. The quantitative estimate of drug-likeness (QED) is 0.562. The molecule has 2 aromatic carbocycles. The molecule has 0 heterocycles. The lowest BCUT2D eigenvalue weighted by atomic mass is 9.79. The minimum absolute atomic E-state index is 0.295. The van der Waals surface area contributed by atoms with Gasteiger partial charge in [0, 0.05) is 11.5 Å². The molecule has 0 fully saturated rings. The molecular weight excluding hydrogens is 283 g/mol. The Balaban J connectivity index is 1.83. The molecule has 22 heavy (non-hydrogen) atoms. The molecule has 116 valence electrons. The van der Waals surface area contributed by atoms with Gasteiger partial charge in [0.05, 0.1) is 20.3 Å². The molecule has 0 radical (unpaired) electrons. The van der Waals surface area contributed by atoms with Gasteiger partial charge in [0.25, 0.3) is 0 Å². The Hall–Kier alpha value is -2.02. The lowest BCUT2D eigenvalue weighted by Crippen LogP contribution is -2.31. The van der Waals surface area contributed by atoms with Crippen molar-refractivity contribution in [2.45, 2.75) is 6.61 Å². The van der Waals surface area contributed by atoms with E-state index in [1.54, 1.807) is 18.2 Å². The number of methoxy groups -OCH3 is 1. The highest BCUT2D eigenvalue weighted by atomic mass is 16.5. The SMILES string of the molecule is COc1ccc(B(O)O)c(OCCOCc2ccccc2)c1. The zero-order chi connectivity index (χ0) is 15.8. The summed E-state index contributed by atoms with van der Waals surface area (Å²) in [5, 5.41) is 18.6. The fourth-order valence-corrected chi connectivity index (χ4v) is 1.95. The van der Waals surface area contributed by atoms with Crippen LogP contribution in [0.15, 0.2) is 48.5 Å². The van der Waals surface area contributed by atoms with Gasteiger partial charge < -0.3 is 24.3 Å². The summed E-state index contributed by atoms with van der Waals surface area (Å²) in [4.78, 5) is 0. The third-order valence-corrected chi connectivity index (χ3v) is 3.10. The first-order valence-corrected chi connectivity index (χ1v) is 6.99. The molecule has 6 heteroatoms. The van der Waals surface area contributed by atoms with E-state index in [0.717, 1.165) is 5.56 Å². The molecule has 0 aliphatic carbocycles. The first kappa shape index (κ1) is 16.4. The largest absolute Gasteiger partial charge is 0.497 e. The smallest absolute Gasteiger partial charge is 0.492 e. The van der Waals surface area contributed by atoms with E-state index in [-0.39, 0.29) is 0 Å². The van der Waals surface area contributed by atoms with Crippen LogP contribution in [0.5, 0.6) is 11.5 Å². The van der Waals surface area contributed by atoms with Gasteiger partial charge in [-0.3, -0.25) is 0 Å². The van der Waals surface area contributed by atoms with Crippen molar-refractivity contribution in [1.29, 1.82) is 0 Å². The number of hydrogen-bond acceptors (Lipinski definition) is 5. The Morgan fingerprint density at radius 3 is 2.45 bits per heavy atom. The van der Waals surface area contributed by atoms with Crippen LogP contribution in [0.2, 0.25) is 0 Å². The van der Waals surface area contributed by atoms with Crippen molar-refractivity contribution in [2.24, 2.45) is 0 Å². The van der Waals surface area contributed by atoms with Crippen molar-refractivity contribution in [3.63, 3.8) is 0 Å². The fourth-order valence-electron chi connectivity index (χ4n) is 1.95. The summed E-state index contributed by atoms with van der Waals surface area (Å²) in [6.07, 6.45) is 0. The van der Waals surface area contributed by atoms with Crippen molar-refractivity contribution in [2.75, 3.05) is 20.3 Å². The monoisotopic (exact) mass is 302 g/mol. The molecule has 0 bridgehead atoms. The van der Waals surface area contributed by atoms with Gasteiger partial charge in [-0.2, -0.15) is 0 Å². The summed E-state index contributed by atoms with van der Waals surface area (Å²) in [6, 6.07) is 14.7. The van der Waals surface area contributed by atoms with Crippen molar-refractivity contribution >= 4 is 12.6 Å². The average Bonchev–Trinajstić information content (AvgIpc) is 2.55. The zero-order valence-electron chi connectivity index (χ0n) is 12.4. The third kappa shape index (κ3) is 4.77. The lowest BCUT2D eigenvalue weighted by molar-refractivity contribution is 0.0891. The number of hydrogen-bond donors (Lipinski definition) is 2. The van der Waals surface area contributed by atoms with Crippen LogP contribution in [0.4, 0.5) is 0 Å². The topological polar surface area (TPSA) is 68.2 Å². The van der Waals surface area contributed by atoms with Crippen LogP contribution in [0.3, 0.4) is 0 Å². The maximum atomic E-state index is 9.32. The second-order valence-corrected chi connectivity index (χ2v) is 4.66. The number of ether oxygens (including phenoxy) is 3. The summed E-state index contributed by atoms with van der Waals surface area (Å²) in [6.45, 7) is 1.21. The van der Waals surface area contributed by atoms with E-state index in [1.807, 2.05) is 30.3 Å². The van der Waals surface area contributed by atoms with Crippen molar-refractivity contribution in [3.05, 3.63) is 54.1 Å². The van der Waals surface area contributed by atoms with Crippen LogP contribution in [0, 0.1) is 0 Å². The fraction of sp³-hybridized carbons (Fsp3) is 0.250. The van der Waals surface area contributed by atoms with Crippen LogP contribution >= 0.6 is 0 Å². The van der Waals surface area contributed by atoms with Crippen molar-refractivity contribution in [1.82, 2.24) is 0 Å². The standard InChI is InChI=1S/C16H19BO5/c1-20-14-7-8-15(17(18)19)16(11-14)22-10-9-21-12-13-5-3-2-4-6-13/h2-8,11,18-19H,9-10,12H2,1H3. The number of rotatable bonds is 8. The maximum absolute atomic E-state index is 9.32. The minimum Gasteiger partial charge on any atom is -0.497 e. The molecular formula is C16H19BO5. The van der Waals surface area contributed by atoms with Crippen LogP contribution < -0.4 is 14.9 Å². The summed E-state index contributed by atoms with van der Waals surface area (Å²) in [5.74, 6) is 0.960. The van der Waals surface area contributed by atoms with Gasteiger partial charge in [-0.1, -0.05) is 36.4 Å². The Morgan fingerprint density at radius 1 is 1.00 bits per heavy atom. The van der Waals surface area contributed by atoms with Gasteiger partial charge in [0.2, 0.25) is 0 Å². The van der Waals surface area contributed by atoms with Gasteiger partial charge in [0.1, 0.15) is 18.1 Å². The van der Waals surface area contributed by atoms with Crippen LogP contribution in [0.25, 0.3) is 0 Å². The Morgan fingerprint density at radius 2 is 1.77 bits per heavy atom. The predicted molar refractivity (Wildman–Crippen MR) is 84.4 cm³/mol. The molecule has 0 saturated carbocycles. The zero-order valence-corrected chi connectivity index (χ0v) is 12.4. The van der Waals surface area contributed by atoms with Gasteiger partial charge in [0.15, 0.2) is 0 Å². The predicted octanol–water partition coefficient (Wildman–Crippen LogP) is 0.971. The van der Waals surface area contributed by atoms with Crippen LogP contribution in [-0.2, 0) is 11.3 Å². The first-order valence-electron chi connectivity index (χ1n) is 6.99. The van der Waals surface area contributed by atoms with Gasteiger partial charge in [-0.05, 0) is 11.6 Å². The van der Waals surface area contributed by atoms with E-state index in [1.165, 1.54) is 7.11 Å². The Bertz CT molecular complexity index is 574. The summed E-state index contributed by atoms with van der Waals surface area (Å²) in [5.41, 5.74) is 1.39. The molecule has 2 rings (SSSR count). The van der Waals surface area contributed by atoms with Crippen molar-refractivity contribution < 1.29 is 24.3 Å². The van der Waals surface area contributed by atoms with E-state index < -0.39 is 7.12 Å². The van der Waals surface area contributed by atoms with Gasteiger partial charge in [-0.25, -0.2) is 0 Å². The maximum Gasteiger partial charge on any atom is 0.492 e. The van der Waals surface area contributed by atoms with E-state index >= 15 is 0 Å². The highest BCUT2D eigenvalue weighted by Gasteiger charge is 2.17. The molecule has 0 atom stereocenters. The normalized spacial score (nSPS) is 10.3. The van der Waals surface area contributed by atoms with E-state index in [4.69, 9.17) is 14.2 Å². The van der Waals surface area contributed by atoms with Crippen molar-refractivity contribution in [3.8, 4) is 11.5 Å². The molecule has 0 unspecified atom stereocenters. The molecule has 0 aliphatic heterocycles. The summed E-state index contributed by atoms with van der Waals surface area (Å²) < 4.78 is 16.2. The molecule has 5 nitrogen and oxygen atoms in total. The molecule has 0 aliphatic rings. The van der Waals surface area contributed by atoms with Gasteiger partial charge in [-0.15, -0.1) is 0 Å². The van der Waals surface area contributed by atoms with E-state index in [2.05, 4.69) is 0 Å². The van der Waals surface area contributed by atoms with Crippen LogP contribution in [-0.4, -0.2) is 37.5 Å². The molecule has 0 amide bonds. The molecule has 2 N–H and O–H groups in total. The molecule has 2 aromatic rings. The number of benzene rings is 2. The summed E-state index contributed by atoms with van der Waals surface area (Å²) >= 11 is 0. The molecule has 0 aromatic heterocycles. The minimum atomic E-state index is -1.59.